The highest BCUT2D eigenvalue weighted by molar-refractivity contribution is 6.38. The lowest BCUT2D eigenvalue weighted by molar-refractivity contribution is -0.139. The number of nitrogens with one attached hydrogen (secondary N) is 4. The average molecular weight is 622 g/mol. The molecule has 0 spiro atoms. The summed E-state index contributed by atoms with van der Waals surface area (Å²) in [6, 6.07) is -1.23. The summed E-state index contributed by atoms with van der Waals surface area (Å²) in [5, 5.41) is 10.1. The van der Waals surface area contributed by atoms with Gasteiger partial charge in [-0.1, -0.05) is 80.2 Å². The SMILES string of the molecule is C#CCCC(NC=O)C(=O)C(=O)NCC=C.CC.CC.CCC.CNC(=O)NC(C(=O)N1CCCC1C)C1(C)CCCCC1. The molecule has 1 saturated heterocycles. The predicted octanol–water partition coefficient (Wildman–Crippen LogP) is 5.12. The fourth-order valence-electron chi connectivity index (χ4n) is 4.82. The quantitative estimate of drug-likeness (QED) is 0.110. The van der Waals surface area contributed by atoms with Crippen molar-refractivity contribution in [2.45, 2.75) is 138 Å². The van der Waals surface area contributed by atoms with Crippen LogP contribution in [-0.2, 0) is 19.2 Å². The van der Waals surface area contributed by atoms with Crippen LogP contribution in [0.1, 0.15) is 120 Å². The fraction of sp³-hybridized carbons (Fsp3) is 0.735. The molecule has 1 saturated carbocycles. The van der Waals surface area contributed by atoms with Crippen molar-refractivity contribution in [3.63, 3.8) is 0 Å². The predicted molar refractivity (Wildman–Crippen MR) is 181 cm³/mol. The van der Waals surface area contributed by atoms with Crippen molar-refractivity contribution in [3.8, 4) is 12.3 Å². The summed E-state index contributed by atoms with van der Waals surface area (Å²) >= 11 is 0. The van der Waals surface area contributed by atoms with Gasteiger partial charge in [0.2, 0.25) is 18.1 Å². The summed E-state index contributed by atoms with van der Waals surface area (Å²) in [7, 11) is 1.60. The first-order chi connectivity index (χ1) is 21.1. The second kappa shape index (κ2) is 28.4. The Labute approximate surface area is 268 Å². The van der Waals surface area contributed by atoms with Crippen molar-refractivity contribution in [2.24, 2.45) is 5.41 Å². The van der Waals surface area contributed by atoms with E-state index in [-0.39, 0.29) is 30.3 Å². The molecule has 10 heteroatoms. The van der Waals surface area contributed by atoms with Crippen LogP contribution in [0.4, 0.5) is 4.79 Å². The van der Waals surface area contributed by atoms with Crippen molar-refractivity contribution in [1.29, 1.82) is 0 Å². The van der Waals surface area contributed by atoms with Gasteiger partial charge in [0.05, 0.1) is 6.04 Å². The van der Waals surface area contributed by atoms with Gasteiger partial charge in [0.15, 0.2) is 0 Å². The Hall–Kier alpha value is -3.35. The Morgan fingerprint density at radius 2 is 1.64 bits per heavy atom. The molecule has 44 heavy (non-hydrogen) atoms. The third-order valence-electron chi connectivity index (χ3n) is 7.07. The molecule has 3 unspecified atom stereocenters. The number of urea groups is 1. The van der Waals surface area contributed by atoms with Crippen molar-refractivity contribution < 1.29 is 24.0 Å². The minimum absolute atomic E-state index is 0.105. The number of hydrogen-bond donors (Lipinski definition) is 4. The van der Waals surface area contributed by atoms with E-state index < -0.39 is 23.8 Å². The first-order valence-corrected chi connectivity index (χ1v) is 16.4. The van der Waals surface area contributed by atoms with Crippen LogP contribution in [0, 0.1) is 17.8 Å². The summed E-state index contributed by atoms with van der Waals surface area (Å²) in [5.41, 5.74) is -0.121. The largest absolute Gasteiger partial charge is 0.348 e. The number of nitrogens with zero attached hydrogens (tertiary/aromatic N) is 1. The number of amides is 5. The molecule has 2 fully saturated rings. The molecule has 2 rings (SSSR count). The molecule has 1 heterocycles. The lowest BCUT2D eigenvalue weighted by Gasteiger charge is -2.42. The lowest BCUT2D eigenvalue weighted by Crippen LogP contribution is -2.58. The maximum absolute atomic E-state index is 13.0. The summed E-state index contributed by atoms with van der Waals surface area (Å²) in [5.74, 6) is 0.984. The highest BCUT2D eigenvalue weighted by Crippen LogP contribution is 2.40. The second-order valence-corrected chi connectivity index (χ2v) is 10.5. The molecule has 0 radical (unpaired) electrons. The third kappa shape index (κ3) is 17.7. The number of hydrogen-bond acceptors (Lipinski definition) is 5. The number of carbonyl (C=O) groups excluding carboxylic acids is 5. The van der Waals surface area contributed by atoms with Gasteiger partial charge in [-0.25, -0.2) is 4.79 Å². The van der Waals surface area contributed by atoms with Gasteiger partial charge in [-0.3, -0.25) is 19.2 Å². The van der Waals surface area contributed by atoms with Crippen LogP contribution < -0.4 is 21.3 Å². The van der Waals surface area contributed by atoms with E-state index in [1.807, 2.05) is 32.6 Å². The number of rotatable bonds is 11. The van der Waals surface area contributed by atoms with E-state index in [9.17, 15) is 24.0 Å². The molecular formula is C34H63N5O5. The Morgan fingerprint density at radius 3 is 2.07 bits per heavy atom. The van der Waals surface area contributed by atoms with Gasteiger partial charge in [-0.15, -0.1) is 18.9 Å². The van der Waals surface area contributed by atoms with E-state index in [1.54, 1.807) is 7.05 Å². The average Bonchev–Trinajstić information content (AvgIpc) is 3.48. The maximum Gasteiger partial charge on any atom is 0.315 e. The molecule has 1 aliphatic heterocycles. The Kier molecular flexibility index (Phi) is 29.1. The van der Waals surface area contributed by atoms with E-state index in [1.165, 1.54) is 18.9 Å². The summed E-state index contributed by atoms with van der Waals surface area (Å²) in [4.78, 5) is 59.8. The lowest BCUT2D eigenvalue weighted by atomic mass is 9.70. The third-order valence-corrected chi connectivity index (χ3v) is 7.07. The summed E-state index contributed by atoms with van der Waals surface area (Å²) < 4.78 is 0. The highest BCUT2D eigenvalue weighted by atomic mass is 16.2. The van der Waals surface area contributed by atoms with Crippen molar-refractivity contribution in [2.75, 3.05) is 20.1 Å². The van der Waals surface area contributed by atoms with Crippen molar-refractivity contribution in [3.05, 3.63) is 12.7 Å². The zero-order valence-electron chi connectivity index (χ0n) is 29.1. The second-order valence-electron chi connectivity index (χ2n) is 10.5. The van der Waals surface area contributed by atoms with Crippen molar-refractivity contribution >= 4 is 30.0 Å². The van der Waals surface area contributed by atoms with E-state index in [0.717, 1.165) is 45.1 Å². The first kappa shape index (κ1) is 45.1. The standard InChI is InChI=1S/C16H29N3O2.C11H14N2O3.C3H8.2C2H6/c1-12-8-7-11-19(12)14(20)13(18-15(21)17-3)16(2)9-5-4-6-10-16;1-3-5-6-9(13-8-14)10(15)11(16)12-7-4-2;1-3-2;2*1-2/h12-13H,4-11H2,1-3H3,(H2,17,18,21);1,4,8-9H,2,5-7H2,(H,12,16)(H,13,14);3H2,1-2H3;2*1-2H3. The summed E-state index contributed by atoms with van der Waals surface area (Å²) in [6.45, 7) is 20.9. The van der Waals surface area contributed by atoms with Crippen LogP contribution >= 0.6 is 0 Å². The number of likely N-dealkylation sites (tertiary alicyclic amines) is 1. The maximum atomic E-state index is 13.0. The number of carbonyl (C=O) groups is 5. The first-order valence-electron chi connectivity index (χ1n) is 16.4. The van der Waals surface area contributed by atoms with E-state index in [0.29, 0.717) is 18.9 Å². The Bertz CT molecular complexity index is 865. The van der Waals surface area contributed by atoms with Gasteiger partial charge in [0.25, 0.3) is 5.91 Å². The molecule has 5 amide bonds. The topological polar surface area (TPSA) is 137 Å². The van der Waals surface area contributed by atoms with Crippen molar-refractivity contribution in [1.82, 2.24) is 26.2 Å². The molecule has 1 aliphatic carbocycles. The highest BCUT2D eigenvalue weighted by Gasteiger charge is 2.44. The Morgan fingerprint density at radius 1 is 1.07 bits per heavy atom. The zero-order valence-corrected chi connectivity index (χ0v) is 29.1. The van der Waals surface area contributed by atoms with Crippen LogP contribution in [0.2, 0.25) is 0 Å². The molecule has 4 N–H and O–H groups in total. The van der Waals surface area contributed by atoms with Crippen LogP contribution in [0.15, 0.2) is 12.7 Å². The zero-order chi connectivity index (χ0) is 34.6. The smallest absolute Gasteiger partial charge is 0.315 e. The van der Waals surface area contributed by atoms with Crippen LogP contribution in [0.25, 0.3) is 0 Å². The Balaban J connectivity index is -0.000000651. The summed E-state index contributed by atoms with van der Waals surface area (Å²) in [6.07, 6.45) is 16.3. The van der Waals surface area contributed by atoms with E-state index >= 15 is 0 Å². The molecule has 0 aromatic carbocycles. The molecule has 0 aromatic rings. The fourth-order valence-corrected chi connectivity index (χ4v) is 4.82. The molecule has 0 aromatic heterocycles. The van der Waals surface area contributed by atoms with Gasteiger partial charge in [0, 0.05) is 32.6 Å². The number of terminal acetylenes is 1. The minimum Gasteiger partial charge on any atom is -0.348 e. The normalized spacial score (nSPS) is 17.1. The molecular weight excluding hydrogens is 558 g/mol. The molecule has 254 valence electrons. The van der Waals surface area contributed by atoms with Crippen LogP contribution in [0.3, 0.4) is 0 Å². The van der Waals surface area contributed by atoms with Gasteiger partial charge in [0.1, 0.15) is 6.04 Å². The molecule has 2 aliphatic rings. The van der Waals surface area contributed by atoms with Gasteiger partial charge < -0.3 is 26.2 Å². The van der Waals surface area contributed by atoms with E-state index in [4.69, 9.17) is 6.42 Å². The monoisotopic (exact) mass is 621 g/mol. The minimum atomic E-state index is -0.863. The number of Topliss-reactive ketones (excluding diaryl/α,β-unsaturated/α-hetero) is 1. The van der Waals surface area contributed by atoms with Gasteiger partial charge in [-0.05, 0) is 44.4 Å². The number of ketones is 1. The molecule has 3 atom stereocenters. The molecule has 0 bridgehead atoms. The van der Waals surface area contributed by atoms with Crippen LogP contribution in [-0.4, -0.2) is 73.2 Å². The van der Waals surface area contributed by atoms with Crippen LogP contribution in [0.5, 0.6) is 0 Å². The molecule has 10 nitrogen and oxygen atoms in total. The van der Waals surface area contributed by atoms with E-state index in [2.05, 4.69) is 61.5 Å². The van der Waals surface area contributed by atoms with Gasteiger partial charge in [-0.2, -0.15) is 0 Å². The van der Waals surface area contributed by atoms with Gasteiger partial charge >= 0.3 is 6.03 Å².